The maximum atomic E-state index is 12.8. The number of hydrogen-bond acceptors (Lipinski definition) is 11. The van der Waals surface area contributed by atoms with Crippen molar-refractivity contribution in [1.29, 1.82) is 0 Å². The first-order valence-corrected chi connectivity index (χ1v) is 13.6. The van der Waals surface area contributed by atoms with Crippen molar-refractivity contribution < 1.29 is 47.8 Å². The number of hydroxylamine groups is 2. The number of amides is 4. The molecule has 0 aromatic carbocycles. The molecule has 1 aliphatic carbocycles. The number of carbonyl (C=O) groups is 6. The number of carbonyl (C=O) groups excluding carboxylic acids is 6. The Balaban J connectivity index is 1.31. The van der Waals surface area contributed by atoms with Crippen molar-refractivity contribution >= 4 is 47.3 Å². The Labute approximate surface area is 219 Å². The average molecular weight is 543 g/mol. The molecule has 3 aliphatic rings. The van der Waals surface area contributed by atoms with Gasteiger partial charge in [0.05, 0.1) is 38.1 Å². The molecule has 0 spiro atoms. The summed E-state index contributed by atoms with van der Waals surface area (Å²) in [5.74, 6) is -2.22. The SMILES string of the molecule is COC(=O)[C@H](C)OCCOCCSC1CC(=O)N(CC2CCC(C(=O)ON3C(=O)CCC3=O)CC2)C1=O. The molecule has 2 heterocycles. The first-order valence-electron chi connectivity index (χ1n) is 12.5. The van der Waals surface area contributed by atoms with E-state index < -0.39 is 41.0 Å². The second kappa shape index (κ2) is 13.9. The van der Waals surface area contributed by atoms with Gasteiger partial charge in [-0.15, -0.1) is 16.8 Å². The molecule has 0 radical (unpaired) electrons. The molecule has 37 heavy (non-hydrogen) atoms. The van der Waals surface area contributed by atoms with Crippen molar-refractivity contribution in [3.05, 3.63) is 0 Å². The minimum atomic E-state index is -0.661. The largest absolute Gasteiger partial charge is 0.467 e. The molecule has 2 saturated heterocycles. The Morgan fingerprint density at radius 1 is 0.973 bits per heavy atom. The second-order valence-electron chi connectivity index (χ2n) is 9.26. The van der Waals surface area contributed by atoms with E-state index >= 15 is 0 Å². The Kier molecular flexibility index (Phi) is 10.9. The molecule has 0 bridgehead atoms. The smallest absolute Gasteiger partial charge is 0.336 e. The van der Waals surface area contributed by atoms with E-state index in [2.05, 4.69) is 4.74 Å². The van der Waals surface area contributed by atoms with E-state index in [9.17, 15) is 28.8 Å². The Morgan fingerprint density at radius 2 is 1.65 bits per heavy atom. The Bertz CT molecular complexity index is 873. The molecule has 12 nitrogen and oxygen atoms in total. The van der Waals surface area contributed by atoms with E-state index in [1.165, 1.54) is 23.8 Å². The van der Waals surface area contributed by atoms with Crippen LogP contribution in [0.25, 0.3) is 0 Å². The molecule has 1 unspecified atom stereocenters. The topological polar surface area (TPSA) is 146 Å². The molecule has 1 saturated carbocycles. The molecule has 0 aromatic rings. The average Bonchev–Trinajstić information content (AvgIpc) is 3.35. The molecule has 4 amide bonds. The number of ether oxygens (including phenoxy) is 3. The van der Waals surface area contributed by atoms with Crippen molar-refractivity contribution in [2.45, 2.75) is 63.2 Å². The van der Waals surface area contributed by atoms with Crippen LogP contribution < -0.4 is 0 Å². The first-order chi connectivity index (χ1) is 17.7. The molecule has 206 valence electrons. The third-order valence-electron chi connectivity index (χ3n) is 6.69. The summed E-state index contributed by atoms with van der Waals surface area (Å²) in [5.41, 5.74) is 0. The van der Waals surface area contributed by atoms with Crippen LogP contribution in [0, 0.1) is 11.8 Å². The minimum Gasteiger partial charge on any atom is -0.467 e. The van der Waals surface area contributed by atoms with Crippen LogP contribution in [0.3, 0.4) is 0 Å². The van der Waals surface area contributed by atoms with Crippen LogP contribution in [-0.2, 0) is 47.8 Å². The second-order valence-corrected chi connectivity index (χ2v) is 10.6. The number of hydrogen-bond donors (Lipinski definition) is 0. The summed E-state index contributed by atoms with van der Waals surface area (Å²) in [6.45, 7) is 2.84. The van der Waals surface area contributed by atoms with Crippen LogP contribution in [0.15, 0.2) is 0 Å². The lowest BCUT2D eigenvalue weighted by Crippen LogP contribution is -2.39. The summed E-state index contributed by atoms with van der Waals surface area (Å²) in [5, 5.41) is 0.131. The van der Waals surface area contributed by atoms with Gasteiger partial charge in [-0.2, -0.15) is 0 Å². The zero-order valence-corrected chi connectivity index (χ0v) is 22.0. The highest BCUT2D eigenvalue weighted by Crippen LogP contribution is 2.33. The van der Waals surface area contributed by atoms with Crippen LogP contribution >= 0.6 is 11.8 Å². The molecule has 2 atom stereocenters. The third-order valence-corrected chi connectivity index (χ3v) is 7.86. The van der Waals surface area contributed by atoms with Crippen molar-refractivity contribution in [2.24, 2.45) is 11.8 Å². The highest BCUT2D eigenvalue weighted by molar-refractivity contribution is 8.00. The quantitative estimate of drug-likeness (QED) is 0.185. The van der Waals surface area contributed by atoms with Gasteiger partial charge < -0.3 is 19.0 Å². The zero-order valence-electron chi connectivity index (χ0n) is 21.2. The summed E-state index contributed by atoms with van der Waals surface area (Å²) in [6.07, 6.45) is 1.89. The predicted molar refractivity (Wildman–Crippen MR) is 128 cm³/mol. The number of imide groups is 2. The van der Waals surface area contributed by atoms with Gasteiger partial charge in [0.15, 0.2) is 6.10 Å². The lowest BCUT2D eigenvalue weighted by atomic mass is 9.82. The van der Waals surface area contributed by atoms with Gasteiger partial charge in [0.25, 0.3) is 11.8 Å². The van der Waals surface area contributed by atoms with Crippen molar-refractivity contribution in [2.75, 3.05) is 39.2 Å². The van der Waals surface area contributed by atoms with Gasteiger partial charge >= 0.3 is 11.9 Å². The number of rotatable bonds is 13. The molecule has 2 aliphatic heterocycles. The molecule has 0 N–H and O–H groups in total. The lowest BCUT2D eigenvalue weighted by Gasteiger charge is -2.30. The maximum Gasteiger partial charge on any atom is 0.336 e. The molecular weight excluding hydrogens is 508 g/mol. The van der Waals surface area contributed by atoms with E-state index in [-0.39, 0.29) is 43.6 Å². The lowest BCUT2D eigenvalue weighted by molar-refractivity contribution is -0.201. The van der Waals surface area contributed by atoms with Crippen molar-refractivity contribution in [1.82, 2.24) is 9.96 Å². The minimum absolute atomic E-state index is 0.0514. The fourth-order valence-corrected chi connectivity index (χ4v) is 5.53. The fourth-order valence-electron chi connectivity index (χ4n) is 4.51. The number of esters is 1. The van der Waals surface area contributed by atoms with Gasteiger partial charge in [-0.05, 0) is 38.5 Å². The van der Waals surface area contributed by atoms with Crippen molar-refractivity contribution in [3.8, 4) is 0 Å². The van der Waals surface area contributed by atoms with Gasteiger partial charge in [-0.1, -0.05) is 0 Å². The molecule has 0 aromatic heterocycles. The standard InChI is InChI=1S/C24H34N2O10S/c1-15(23(31)33-2)35-10-9-34-11-12-37-18-13-21(29)25(22(18)30)14-16-3-5-17(6-4-16)24(32)36-26-19(27)7-8-20(26)28/h15-18H,3-14H2,1-2H3/t15-,16?,17?,18?/m0/s1. The van der Waals surface area contributed by atoms with Crippen LogP contribution in [0.4, 0.5) is 0 Å². The number of nitrogens with zero attached hydrogens (tertiary/aromatic N) is 2. The third kappa shape index (κ3) is 7.99. The van der Waals surface area contributed by atoms with Crippen LogP contribution in [-0.4, -0.2) is 96.1 Å². The molecule has 3 fully saturated rings. The number of thioether (sulfide) groups is 1. The van der Waals surface area contributed by atoms with Gasteiger partial charge in [0.2, 0.25) is 11.8 Å². The van der Waals surface area contributed by atoms with Gasteiger partial charge in [-0.3, -0.25) is 24.1 Å². The Hall–Kier alpha value is -2.51. The number of methoxy groups -OCH3 is 1. The molecule has 13 heteroatoms. The van der Waals surface area contributed by atoms with Crippen molar-refractivity contribution in [3.63, 3.8) is 0 Å². The highest BCUT2D eigenvalue weighted by atomic mass is 32.2. The van der Waals surface area contributed by atoms with Gasteiger partial charge in [0, 0.05) is 31.6 Å². The predicted octanol–water partition coefficient (Wildman–Crippen LogP) is 0.855. The normalized spacial score (nSPS) is 25.1. The van der Waals surface area contributed by atoms with E-state index in [0.29, 0.717) is 56.3 Å². The van der Waals surface area contributed by atoms with E-state index in [1.807, 2.05) is 0 Å². The summed E-state index contributed by atoms with van der Waals surface area (Å²) < 4.78 is 15.3. The molecule has 3 rings (SSSR count). The first kappa shape index (κ1) is 29.1. The summed E-state index contributed by atoms with van der Waals surface area (Å²) in [4.78, 5) is 78.5. The maximum absolute atomic E-state index is 12.8. The summed E-state index contributed by atoms with van der Waals surface area (Å²) in [7, 11) is 1.29. The van der Waals surface area contributed by atoms with Crippen LogP contribution in [0.5, 0.6) is 0 Å². The Morgan fingerprint density at radius 3 is 2.30 bits per heavy atom. The zero-order chi connectivity index (χ0) is 26.9. The fraction of sp³-hybridized carbons (Fsp3) is 0.750. The van der Waals surface area contributed by atoms with Gasteiger partial charge in [-0.25, -0.2) is 9.59 Å². The summed E-state index contributed by atoms with van der Waals surface area (Å²) >= 11 is 1.38. The molecular formula is C24H34N2O10S. The van der Waals surface area contributed by atoms with E-state index in [0.717, 1.165) is 0 Å². The van der Waals surface area contributed by atoms with E-state index in [1.54, 1.807) is 6.92 Å². The number of likely N-dealkylation sites (tertiary alicyclic amines) is 1. The van der Waals surface area contributed by atoms with E-state index in [4.69, 9.17) is 14.3 Å². The van der Waals surface area contributed by atoms with Gasteiger partial charge in [0.1, 0.15) is 0 Å². The highest BCUT2D eigenvalue weighted by Gasteiger charge is 2.41. The monoisotopic (exact) mass is 542 g/mol. The summed E-state index contributed by atoms with van der Waals surface area (Å²) in [6, 6.07) is 0. The van der Waals surface area contributed by atoms with Crippen LogP contribution in [0.2, 0.25) is 0 Å². The van der Waals surface area contributed by atoms with Crippen LogP contribution in [0.1, 0.15) is 51.9 Å².